The molecule has 4 heteroatoms. The smallest absolute Gasteiger partial charge is 0.323 e. The van der Waals surface area contributed by atoms with Gasteiger partial charge in [-0.25, -0.2) is 0 Å². The average Bonchev–Trinajstić information content (AvgIpc) is 2.46. The van der Waals surface area contributed by atoms with E-state index in [1.165, 1.54) is 0 Å². The third-order valence-corrected chi connectivity index (χ3v) is 2.88. The van der Waals surface area contributed by atoms with Crippen LogP contribution in [0.15, 0.2) is 54.6 Å². The third-order valence-electron chi connectivity index (χ3n) is 2.88. The lowest BCUT2D eigenvalue weighted by atomic mass is 10.2. The van der Waals surface area contributed by atoms with Crippen LogP contribution in [0.1, 0.15) is 6.92 Å². The minimum absolute atomic E-state index is 0.0499. The summed E-state index contributed by atoms with van der Waals surface area (Å²) in [5.41, 5.74) is 0.779. The fourth-order valence-corrected chi connectivity index (χ4v) is 1.95. The van der Waals surface area contributed by atoms with E-state index >= 15 is 0 Å². The van der Waals surface area contributed by atoms with E-state index in [0.717, 1.165) is 11.4 Å². The van der Waals surface area contributed by atoms with Gasteiger partial charge in [0.25, 0.3) is 0 Å². The summed E-state index contributed by atoms with van der Waals surface area (Å²) in [5, 5.41) is 8.97. The minimum Gasteiger partial charge on any atom is -0.480 e. The molecule has 4 nitrogen and oxygen atoms in total. The Bertz CT molecular complexity index is 569. The molecule has 0 heterocycles. The number of carboxylic acid groups (broad SMARTS) is 1. The van der Waals surface area contributed by atoms with E-state index in [1.807, 2.05) is 61.5 Å². The highest BCUT2D eigenvalue weighted by Crippen LogP contribution is 2.31. The van der Waals surface area contributed by atoms with Gasteiger partial charge < -0.3 is 14.7 Å². The molecule has 0 amide bonds. The summed E-state index contributed by atoms with van der Waals surface area (Å²) in [7, 11) is 0. The molecule has 0 saturated carbocycles. The first-order valence-corrected chi connectivity index (χ1v) is 6.49. The van der Waals surface area contributed by atoms with Gasteiger partial charge in [-0.05, 0) is 31.2 Å². The van der Waals surface area contributed by atoms with Crippen LogP contribution in [0, 0.1) is 0 Å². The lowest BCUT2D eigenvalue weighted by molar-refractivity contribution is -0.135. The van der Waals surface area contributed by atoms with Crippen molar-refractivity contribution in [3.05, 3.63) is 54.6 Å². The number of likely N-dealkylation sites (N-methyl/N-ethyl adjacent to an activating group) is 1. The van der Waals surface area contributed by atoms with Crippen LogP contribution in [0.4, 0.5) is 5.69 Å². The van der Waals surface area contributed by atoms with Crippen molar-refractivity contribution in [3.63, 3.8) is 0 Å². The Labute approximate surface area is 118 Å². The molecule has 20 heavy (non-hydrogen) atoms. The Morgan fingerprint density at radius 3 is 2.40 bits per heavy atom. The highest BCUT2D eigenvalue weighted by atomic mass is 16.5. The van der Waals surface area contributed by atoms with Gasteiger partial charge in [-0.2, -0.15) is 0 Å². The van der Waals surface area contributed by atoms with E-state index in [0.29, 0.717) is 12.3 Å². The molecule has 0 saturated heterocycles. The molecule has 0 radical (unpaired) electrons. The Balaban J connectivity index is 2.27. The van der Waals surface area contributed by atoms with Crippen molar-refractivity contribution in [2.75, 3.05) is 18.0 Å². The summed E-state index contributed by atoms with van der Waals surface area (Å²) in [4.78, 5) is 12.7. The molecule has 0 aromatic heterocycles. The van der Waals surface area contributed by atoms with E-state index < -0.39 is 5.97 Å². The van der Waals surface area contributed by atoms with E-state index in [1.54, 1.807) is 4.90 Å². The van der Waals surface area contributed by atoms with Crippen molar-refractivity contribution in [1.82, 2.24) is 0 Å². The van der Waals surface area contributed by atoms with E-state index in [9.17, 15) is 4.79 Å². The number of hydrogen-bond donors (Lipinski definition) is 1. The van der Waals surface area contributed by atoms with Crippen LogP contribution in [-0.2, 0) is 4.79 Å². The maximum absolute atomic E-state index is 10.9. The molecule has 0 aliphatic heterocycles. The number of rotatable bonds is 6. The molecule has 0 bridgehead atoms. The molecular formula is C16H17NO3. The van der Waals surface area contributed by atoms with Crippen molar-refractivity contribution >= 4 is 11.7 Å². The van der Waals surface area contributed by atoms with Gasteiger partial charge in [-0.1, -0.05) is 30.3 Å². The average molecular weight is 271 g/mol. The number of carbonyl (C=O) groups is 1. The predicted octanol–water partition coefficient (Wildman–Crippen LogP) is 3.39. The van der Waals surface area contributed by atoms with Gasteiger partial charge in [0.1, 0.15) is 12.3 Å². The molecule has 0 atom stereocenters. The molecule has 0 aliphatic rings. The Kier molecular flexibility index (Phi) is 4.60. The summed E-state index contributed by atoms with van der Waals surface area (Å²) < 4.78 is 5.84. The van der Waals surface area contributed by atoms with Crippen molar-refractivity contribution in [2.24, 2.45) is 0 Å². The summed E-state index contributed by atoms with van der Waals surface area (Å²) in [6, 6.07) is 16.9. The fraction of sp³-hybridized carbons (Fsp3) is 0.188. The van der Waals surface area contributed by atoms with Gasteiger partial charge in [0.05, 0.1) is 5.69 Å². The Hall–Kier alpha value is -2.49. The van der Waals surface area contributed by atoms with Crippen molar-refractivity contribution in [2.45, 2.75) is 6.92 Å². The summed E-state index contributed by atoms with van der Waals surface area (Å²) in [6.45, 7) is 2.47. The van der Waals surface area contributed by atoms with E-state index in [2.05, 4.69) is 0 Å². The zero-order valence-corrected chi connectivity index (χ0v) is 11.3. The summed E-state index contributed by atoms with van der Waals surface area (Å²) >= 11 is 0. The number of ether oxygens (including phenoxy) is 1. The quantitative estimate of drug-likeness (QED) is 0.875. The van der Waals surface area contributed by atoms with Crippen LogP contribution in [0.5, 0.6) is 11.5 Å². The Morgan fingerprint density at radius 1 is 1.10 bits per heavy atom. The lowest BCUT2D eigenvalue weighted by Gasteiger charge is -2.23. The van der Waals surface area contributed by atoms with Crippen molar-refractivity contribution < 1.29 is 14.6 Å². The van der Waals surface area contributed by atoms with Crippen LogP contribution in [-0.4, -0.2) is 24.2 Å². The number of para-hydroxylation sites is 3. The first-order chi connectivity index (χ1) is 9.70. The zero-order valence-electron chi connectivity index (χ0n) is 11.3. The zero-order chi connectivity index (χ0) is 14.4. The van der Waals surface area contributed by atoms with E-state index in [-0.39, 0.29) is 6.54 Å². The maximum Gasteiger partial charge on any atom is 0.323 e. The second-order valence-electron chi connectivity index (χ2n) is 4.29. The molecule has 2 rings (SSSR count). The van der Waals surface area contributed by atoms with E-state index in [4.69, 9.17) is 9.84 Å². The number of carboxylic acids is 1. The third kappa shape index (κ3) is 3.51. The second-order valence-corrected chi connectivity index (χ2v) is 4.29. The monoisotopic (exact) mass is 271 g/mol. The molecule has 2 aromatic carbocycles. The molecule has 1 N–H and O–H groups in total. The van der Waals surface area contributed by atoms with Gasteiger partial charge in [-0.3, -0.25) is 4.79 Å². The normalized spacial score (nSPS) is 10.1. The van der Waals surface area contributed by atoms with Gasteiger partial charge in [0.2, 0.25) is 0 Å². The number of hydrogen-bond acceptors (Lipinski definition) is 3. The SMILES string of the molecule is CCN(CC(=O)O)c1ccccc1Oc1ccccc1. The molecule has 0 unspecified atom stereocenters. The largest absolute Gasteiger partial charge is 0.480 e. The number of anilines is 1. The molecule has 2 aromatic rings. The molecular weight excluding hydrogens is 254 g/mol. The summed E-state index contributed by atoms with van der Waals surface area (Å²) in [5.74, 6) is 0.523. The van der Waals surface area contributed by atoms with Crippen LogP contribution in [0.25, 0.3) is 0 Å². The first-order valence-electron chi connectivity index (χ1n) is 6.49. The van der Waals surface area contributed by atoms with Gasteiger partial charge in [0.15, 0.2) is 5.75 Å². The van der Waals surface area contributed by atoms with Crippen LogP contribution in [0.3, 0.4) is 0 Å². The maximum atomic E-state index is 10.9. The predicted molar refractivity (Wildman–Crippen MR) is 78.5 cm³/mol. The number of aliphatic carboxylic acids is 1. The van der Waals surface area contributed by atoms with Crippen LogP contribution < -0.4 is 9.64 Å². The highest BCUT2D eigenvalue weighted by Gasteiger charge is 2.13. The Morgan fingerprint density at radius 2 is 1.75 bits per heavy atom. The number of benzene rings is 2. The molecule has 0 aliphatic carbocycles. The topological polar surface area (TPSA) is 49.8 Å². The second kappa shape index (κ2) is 6.61. The molecule has 104 valence electrons. The van der Waals surface area contributed by atoms with Gasteiger partial charge in [-0.15, -0.1) is 0 Å². The first kappa shape index (κ1) is 13.9. The molecule has 0 spiro atoms. The summed E-state index contributed by atoms with van der Waals surface area (Å²) in [6.07, 6.45) is 0. The van der Waals surface area contributed by atoms with Crippen molar-refractivity contribution in [1.29, 1.82) is 0 Å². The highest BCUT2D eigenvalue weighted by molar-refractivity contribution is 5.75. The van der Waals surface area contributed by atoms with Crippen molar-refractivity contribution in [3.8, 4) is 11.5 Å². The minimum atomic E-state index is -0.860. The lowest BCUT2D eigenvalue weighted by Crippen LogP contribution is -2.29. The fourth-order valence-electron chi connectivity index (χ4n) is 1.95. The number of nitrogens with zero attached hydrogens (tertiary/aromatic N) is 1. The van der Waals surface area contributed by atoms with Crippen LogP contribution in [0.2, 0.25) is 0 Å². The van der Waals surface area contributed by atoms with Crippen LogP contribution >= 0.6 is 0 Å². The molecule has 0 fully saturated rings. The standard InChI is InChI=1S/C16H17NO3/c1-2-17(12-16(18)19)14-10-6-7-11-15(14)20-13-8-4-3-5-9-13/h3-11H,2,12H2,1H3,(H,18,19). The van der Waals surface area contributed by atoms with Gasteiger partial charge in [0, 0.05) is 6.54 Å². The van der Waals surface area contributed by atoms with Gasteiger partial charge >= 0.3 is 5.97 Å².